The molecule has 1 aromatic heterocycles. The molecule has 0 fully saturated rings. The van der Waals surface area contributed by atoms with Gasteiger partial charge in [-0.05, 0) is 42.5 Å². The van der Waals surface area contributed by atoms with Crippen molar-refractivity contribution in [2.45, 2.75) is 6.54 Å². The van der Waals surface area contributed by atoms with Crippen LogP contribution in [0.25, 0.3) is 11.5 Å². The number of nitrogens with zero attached hydrogens (tertiary/aromatic N) is 2. The largest absolute Gasteiger partial charge is 0.497 e. The first-order valence-electron chi connectivity index (χ1n) is 7.16. The van der Waals surface area contributed by atoms with E-state index in [1.165, 1.54) is 0 Å². The second-order valence-corrected chi connectivity index (χ2v) is 5.84. The van der Waals surface area contributed by atoms with Gasteiger partial charge in [0, 0.05) is 15.6 Å². The second kappa shape index (κ2) is 7.27. The standard InChI is InChI=1S/C17H14BrN3O3/c1-23-14-4-2-3-12(9-14)17-21-20-15(24-17)10-19-16(22)11-5-7-13(18)8-6-11/h2-9H,10H2,1H3,(H,19,22). The fourth-order valence-electron chi connectivity index (χ4n) is 2.06. The zero-order chi connectivity index (χ0) is 16.9. The Kier molecular flexibility index (Phi) is 4.90. The molecule has 24 heavy (non-hydrogen) atoms. The van der Waals surface area contributed by atoms with Crippen molar-refractivity contribution < 1.29 is 13.9 Å². The highest BCUT2D eigenvalue weighted by Crippen LogP contribution is 2.22. The molecule has 0 unspecified atom stereocenters. The zero-order valence-corrected chi connectivity index (χ0v) is 14.4. The lowest BCUT2D eigenvalue weighted by atomic mass is 10.2. The molecule has 0 radical (unpaired) electrons. The summed E-state index contributed by atoms with van der Waals surface area (Å²) in [4.78, 5) is 12.1. The molecule has 6 nitrogen and oxygen atoms in total. The Balaban J connectivity index is 1.65. The van der Waals surface area contributed by atoms with Crippen LogP contribution in [0.4, 0.5) is 0 Å². The topological polar surface area (TPSA) is 77.3 Å². The molecule has 3 rings (SSSR count). The average molecular weight is 388 g/mol. The molecule has 1 amide bonds. The lowest BCUT2D eigenvalue weighted by molar-refractivity contribution is 0.0947. The molecule has 2 aromatic carbocycles. The SMILES string of the molecule is COc1cccc(-c2nnc(CNC(=O)c3ccc(Br)cc3)o2)c1. The third-order valence-corrected chi connectivity index (χ3v) is 3.82. The fourth-order valence-corrected chi connectivity index (χ4v) is 2.32. The van der Waals surface area contributed by atoms with Gasteiger partial charge in [-0.25, -0.2) is 0 Å². The molecule has 122 valence electrons. The minimum absolute atomic E-state index is 0.159. The van der Waals surface area contributed by atoms with E-state index in [2.05, 4.69) is 31.4 Å². The maximum atomic E-state index is 12.1. The van der Waals surface area contributed by atoms with Crippen molar-refractivity contribution in [1.82, 2.24) is 15.5 Å². The number of benzene rings is 2. The van der Waals surface area contributed by atoms with Gasteiger partial charge in [0.1, 0.15) is 5.75 Å². The predicted octanol–water partition coefficient (Wildman–Crippen LogP) is 3.44. The highest BCUT2D eigenvalue weighted by atomic mass is 79.9. The summed E-state index contributed by atoms with van der Waals surface area (Å²) in [6.45, 7) is 0.159. The third kappa shape index (κ3) is 3.80. The molecule has 7 heteroatoms. The van der Waals surface area contributed by atoms with E-state index in [4.69, 9.17) is 9.15 Å². The molecule has 0 aliphatic heterocycles. The number of hydrogen-bond acceptors (Lipinski definition) is 5. The van der Waals surface area contributed by atoms with Gasteiger partial charge in [-0.2, -0.15) is 0 Å². The average Bonchev–Trinajstić information content (AvgIpc) is 3.09. The summed E-state index contributed by atoms with van der Waals surface area (Å²) in [6.07, 6.45) is 0. The van der Waals surface area contributed by atoms with Gasteiger partial charge in [0.05, 0.1) is 13.7 Å². The predicted molar refractivity (Wildman–Crippen MR) is 91.6 cm³/mol. The molecular formula is C17H14BrN3O3. The summed E-state index contributed by atoms with van der Waals surface area (Å²) in [5.74, 6) is 1.21. The molecule has 3 aromatic rings. The third-order valence-electron chi connectivity index (χ3n) is 3.29. The summed E-state index contributed by atoms with van der Waals surface area (Å²) in [5.41, 5.74) is 1.32. The van der Waals surface area contributed by atoms with E-state index in [0.717, 1.165) is 10.0 Å². The number of methoxy groups -OCH3 is 1. The first-order valence-corrected chi connectivity index (χ1v) is 7.95. The van der Waals surface area contributed by atoms with E-state index in [-0.39, 0.29) is 12.5 Å². The van der Waals surface area contributed by atoms with Gasteiger partial charge in [0.2, 0.25) is 11.8 Å². The van der Waals surface area contributed by atoms with E-state index in [1.54, 1.807) is 25.3 Å². The quantitative estimate of drug-likeness (QED) is 0.725. The molecule has 0 spiro atoms. The summed E-state index contributed by atoms with van der Waals surface area (Å²) >= 11 is 3.33. The summed E-state index contributed by atoms with van der Waals surface area (Å²) < 4.78 is 11.7. The second-order valence-electron chi connectivity index (χ2n) is 4.92. The van der Waals surface area contributed by atoms with Gasteiger partial charge in [-0.15, -0.1) is 10.2 Å². The van der Waals surface area contributed by atoms with Gasteiger partial charge < -0.3 is 14.5 Å². The van der Waals surface area contributed by atoms with Gasteiger partial charge >= 0.3 is 0 Å². The van der Waals surface area contributed by atoms with E-state index in [1.807, 2.05) is 30.3 Å². The Labute approximate surface area is 147 Å². The summed E-state index contributed by atoms with van der Waals surface area (Å²) in [6, 6.07) is 14.4. The van der Waals surface area contributed by atoms with Crippen molar-refractivity contribution in [2.24, 2.45) is 0 Å². The monoisotopic (exact) mass is 387 g/mol. The number of carbonyl (C=O) groups excluding carboxylic acids is 1. The van der Waals surface area contributed by atoms with E-state index in [9.17, 15) is 4.79 Å². The van der Waals surface area contributed by atoms with Crippen LogP contribution in [0.15, 0.2) is 57.4 Å². The number of amides is 1. The lowest BCUT2D eigenvalue weighted by Gasteiger charge is -2.02. The van der Waals surface area contributed by atoms with E-state index < -0.39 is 0 Å². The molecule has 1 heterocycles. The zero-order valence-electron chi connectivity index (χ0n) is 12.8. The van der Waals surface area contributed by atoms with Crippen LogP contribution in [-0.2, 0) is 6.54 Å². The number of aromatic nitrogens is 2. The fraction of sp³-hybridized carbons (Fsp3) is 0.118. The Morgan fingerprint density at radius 3 is 2.75 bits per heavy atom. The summed E-state index contributed by atoms with van der Waals surface area (Å²) in [7, 11) is 1.59. The highest BCUT2D eigenvalue weighted by molar-refractivity contribution is 9.10. The van der Waals surface area contributed by atoms with Crippen LogP contribution >= 0.6 is 15.9 Å². The van der Waals surface area contributed by atoms with E-state index >= 15 is 0 Å². The molecule has 0 bridgehead atoms. The number of nitrogens with one attached hydrogen (secondary N) is 1. The number of carbonyl (C=O) groups is 1. The van der Waals surface area contributed by atoms with Crippen LogP contribution in [0, 0.1) is 0 Å². The molecular weight excluding hydrogens is 374 g/mol. The van der Waals surface area contributed by atoms with Crippen molar-refractivity contribution >= 4 is 21.8 Å². The van der Waals surface area contributed by atoms with Crippen molar-refractivity contribution in [3.63, 3.8) is 0 Å². The number of halogens is 1. The number of hydrogen-bond donors (Lipinski definition) is 1. The Morgan fingerprint density at radius 1 is 1.21 bits per heavy atom. The lowest BCUT2D eigenvalue weighted by Crippen LogP contribution is -2.22. The Hall–Kier alpha value is -2.67. The maximum absolute atomic E-state index is 12.1. The molecule has 0 saturated carbocycles. The van der Waals surface area contributed by atoms with Crippen molar-refractivity contribution in [1.29, 1.82) is 0 Å². The van der Waals surface area contributed by atoms with Gasteiger partial charge in [-0.3, -0.25) is 4.79 Å². The van der Waals surface area contributed by atoms with Gasteiger partial charge in [-0.1, -0.05) is 22.0 Å². The van der Waals surface area contributed by atoms with Gasteiger partial charge in [0.25, 0.3) is 5.91 Å². The van der Waals surface area contributed by atoms with Crippen LogP contribution in [0.1, 0.15) is 16.2 Å². The summed E-state index contributed by atoms with van der Waals surface area (Å²) in [5, 5.41) is 10.7. The van der Waals surface area contributed by atoms with Crippen molar-refractivity contribution in [3.05, 3.63) is 64.5 Å². The minimum atomic E-state index is -0.205. The number of ether oxygens (including phenoxy) is 1. The van der Waals surface area contributed by atoms with Crippen LogP contribution < -0.4 is 10.1 Å². The maximum Gasteiger partial charge on any atom is 0.251 e. The van der Waals surface area contributed by atoms with Crippen LogP contribution in [0.5, 0.6) is 5.75 Å². The molecule has 0 aliphatic rings. The first-order chi connectivity index (χ1) is 11.7. The number of rotatable bonds is 5. The Bertz CT molecular complexity index is 846. The minimum Gasteiger partial charge on any atom is -0.497 e. The molecule has 0 saturated heterocycles. The molecule has 1 N–H and O–H groups in total. The first kappa shape index (κ1) is 16.2. The van der Waals surface area contributed by atoms with Crippen molar-refractivity contribution in [2.75, 3.05) is 7.11 Å². The van der Waals surface area contributed by atoms with Gasteiger partial charge in [0.15, 0.2) is 0 Å². The molecule has 0 aliphatic carbocycles. The highest BCUT2D eigenvalue weighted by Gasteiger charge is 2.11. The van der Waals surface area contributed by atoms with Crippen molar-refractivity contribution in [3.8, 4) is 17.2 Å². The van der Waals surface area contributed by atoms with Crippen LogP contribution in [0.2, 0.25) is 0 Å². The van der Waals surface area contributed by atoms with E-state index in [0.29, 0.717) is 23.1 Å². The van der Waals surface area contributed by atoms with Crippen LogP contribution in [0.3, 0.4) is 0 Å². The smallest absolute Gasteiger partial charge is 0.251 e. The normalized spacial score (nSPS) is 10.4. The Morgan fingerprint density at radius 2 is 2.00 bits per heavy atom. The van der Waals surface area contributed by atoms with Crippen LogP contribution in [-0.4, -0.2) is 23.2 Å². The molecule has 0 atom stereocenters.